The Morgan fingerprint density at radius 2 is 1.46 bits per heavy atom. The molecule has 1 N–H and O–H groups in total. The molecule has 0 spiro atoms. The summed E-state index contributed by atoms with van der Waals surface area (Å²) in [7, 11) is 0. The van der Waals surface area contributed by atoms with Crippen LogP contribution in [0.3, 0.4) is 0 Å². The fourth-order valence-corrected chi connectivity index (χ4v) is 2.93. The molecule has 0 aliphatic rings. The van der Waals surface area contributed by atoms with Crippen molar-refractivity contribution < 1.29 is 19.1 Å². The van der Waals surface area contributed by atoms with Crippen molar-refractivity contribution >= 4 is 16.9 Å². The number of hydrogen-bond donors (Lipinski definition) is 1. The molecule has 0 saturated carbocycles. The van der Waals surface area contributed by atoms with Crippen LogP contribution >= 0.6 is 0 Å². The number of rotatable bonds is 5. The monoisotopic (exact) mass is 344 g/mol. The molecule has 3 aromatic carbocycles. The number of benzene rings is 3. The number of hydrogen-bond acceptors (Lipinski definition) is 3. The molecule has 0 aliphatic carbocycles. The van der Waals surface area contributed by atoms with E-state index in [1.54, 1.807) is 18.4 Å². The van der Waals surface area contributed by atoms with E-state index in [9.17, 15) is 4.79 Å². The lowest BCUT2D eigenvalue weighted by Gasteiger charge is -2.06. The van der Waals surface area contributed by atoms with E-state index >= 15 is 0 Å². The molecule has 128 valence electrons. The quantitative estimate of drug-likeness (QED) is 0.538. The van der Waals surface area contributed by atoms with Crippen molar-refractivity contribution in [2.75, 3.05) is 6.61 Å². The van der Waals surface area contributed by atoms with Crippen LogP contribution in [0.4, 0.5) is 0 Å². The highest BCUT2D eigenvalue weighted by molar-refractivity contribution is 5.94. The second-order valence-electron chi connectivity index (χ2n) is 5.93. The van der Waals surface area contributed by atoms with Gasteiger partial charge in [0, 0.05) is 10.9 Å². The Morgan fingerprint density at radius 3 is 2.15 bits per heavy atom. The second kappa shape index (κ2) is 6.76. The van der Waals surface area contributed by atoms with Crippen molar-refractivity contribution in [3.05, 3.63) is 79.1 Å². The first-order valence-corrected chi connectivity index (χ1v) is 8.22. The molecule has 4 nitrogen and oxygen atoms in total. The van der Waals surface area contributed by atoms with Gasteiger partial charge in [-0.15, -0.1) is 0 Å². The van der Waals surface area contributed by atoms with Crippen LogP contribution in [0.25, 0.3) is 33.2 Å². The van der Waals surface area contributed by atoms with Gasteiger partial charge in [0.25, 0.3) is 0 Å². The summed E-state index contributed by atoms with van der Waals surface area (Å²) >= 11 is 0. The fourth-order valence-electron chi connectivity index (χ4n) is 2.93. The van der Waals surface area contributed by atoms with E-state index in [-0.39, 0.29) is 6.61 Å². The van der Waals surface area contributed by atoms with E-state index < -0.39 is 5.97 Å². The third-order valence-corrected chi connectivity index (χ3v) is 4.23. The molecule has 0 amide bonds. The second-order valence-corrected chi connectivity index (χ2v) is 5.93. The lowest BCUT2D eigenvalue weighted by molar-refractivity contribution is -0.139. The first kappa shape index (κ1) is 16.0. The predicted octanol–water partition coefficient (Wildman–Crippen LogP) is 5.23. The van der Waals surface area contributed by atoms with Crippen molar-refractivity contribution in [3.8, 4) is 28.0 Å². The molecular formula is C22H16O4. The van der Waals surface area contributed by atoms with Crippen LogP contribution in [-0.4, -0.2) is 17.7 Å². The number of aliphatic carboxylic acids is 1. The zero-order valence-electron chi connectivity index (χ0n) is 13.9. The Hall–Kier alpha value is -3.53. The van der Waals surface area contributed by atoms with E-state index in [0.717, 1.165) is 33.2 Å². The Labute approximate surface area is 150 Å². The summed E-state index contributed by atoms with van der Waals surface area (Å²) in [6, 6.07) is 23.6. The number of carbonyl (C=O) groups is 1. The summed E-state index contributed by atoms with van der Waals surface area (Å²) in [5, 5.41) is 9.74. The van der Waals surface area contributed by atoms with Crippen molar-refractivity contribution in [1.29, 1.82) is 0 Å². The molecule has 0 atom stereocenters. The minimum Gasteiger partial charge on any atom is -0.482 e. The van der Waals surface area contributed by atoms with Gasteiger partial charge < -0.3 is 14.3 Å². The van der Waals surface area contributed by atoms with Gasteiger partial charge in [0.1, 0.15) is 11.3 Å². The van der Waals surface area contributed by atoms with Gasteiger partial charge in [-0.25, -0.2) is 4.79 Å². The number of para-hydroxylation sites is 1. The Morgan fingerprint density at radius 1 is 0.846 bits per heavy atom. The standard InChI is InChI=1S/C22H16O4/c23-22(24)14-25-18-11-9-16(10-12-18)15-5-7-17(8-6-15)20-13-26-21-4-2-1-3-19(20)21/h1-13H,14H2,(H,23,24). The van der Waals surface area contributed by atoms with Crippen molar-refractivity contribution in [1.82, 2.24) is 0 Å². The molecule has 1 heterocycles. The van der Waals surface area contributed by atoms with Gasteiger partial charge in [0.05, 0.1) is 6.26 Å². The Kier molecular flexibility index (Phi) is 4.15. The SMILES string of the molecule is O=C(O)COc1ccc(-c2ccc(-c3coc4ccccc34)cc2)cc1. The smallest absolute Gasteiger partial charge is 0.341 e. The van der Waals surface area contributed by atoms with Gasteiger partial charge in [-0.2, -0.15) is 0 Å². The minimum atomic E-state index is -0.989. The number of carboxylic acid groups (broad SMARTS) is 1. The normalized spacial score (nSPS) is 10.8. The molecule has 0 fully saturated rings. The number of carboxylic acids is 1. The first-order valence-electron chi connectivity index (χ1n) is 8.22. The lowest BCUT2D eigenvalue weighted by Crippen LogP contribution is -2.09. The van der Waals surface area contributed by atoms with Crippen LogP contribution in [0.2, 0.25) is 0 Å². The molecule has 4 heteroatoms. The minimum absolute atomic E-state index is 0.341. The first-order chi connectivity index (χ1) is 12.7. The van der Waals surface area contributed by atoms with Crippen LogP contribution < -0.4 is 4.74 Å². The molecule has 26 heavy (non-hydrogen) atoms. The van der Waals surface area contributed by atoms with Gasteiger partial charge in [-0.1, -0.05) is 54.6 Å². The van der Waals surface area contributed by atoms with Crippen LogP contribution in [-0.2, 0) is 4.79 Å². The molecule has 0 unspecified atom stereocenters. The molecule has 0 aliphatic heterocycles. The number of fused-ring (bicyclic) bond motifs is 1. The predicted molar refractivity (Wildman–Crippen MR) is 100 cm³/mol. The van der Waals surface area contributed by atoms with Gasteiger partial charge in [0.2, 0.25) is 0 Å². The van der Waals surface area contributed by atoms with E-state index in [0.29, 0.717) is 5.75 Å². The highest BCUT2D eigenvalue weighted by atomic mass is 16.5. The van der Waals surface area contributed by atoms with Crippen molar-refractivity contribution in [2.24, 2.45) is 0 Å². The summed E-state index contributed by atoms with van der Waals surface area (Å²) < 4.78 is 10.8. The largest absolute Gasteiger partial charge is 0.482 e. The highest BCUT2D eigenvalue weighted by Gasteiger charge is 2.08. The third-order valence-electron chi connectivity index (χ3n) is 4.23. The number of ether oxygens (including phenoxy) is 1. The molecule has 0 saturated heterocycles. The summed E-state index contributed by atoms with van der Waals surface area (Å²) in [6.45, 7) is -0.341. The fraction of sp³-hybridized carbons (Fsp3) is 0.0455. The highest BCUT2D eigenvalue weighted by Crippen LogP contribution is 2.32. The van der Waals surface area contributed by atoms with Gasteiger partial charge >= 0.3 is 5.97 Å². The lowest BCUT2D eigenvalue weighted by atomic mass is 10.00. The zero-order valence-corrected chi connectivity index (χ0v) is 13.9. The van der Waals surface area contributed by atoms with Crippen LogP contribution in [0.1, 0.15) is 0 Å². The van der Waals surface area contributed by atoms with E-state index in [2.05, 4.69) is 30.3 Å². The number of furan rings is 1. The van der Waals surface area contributed by atoms with E-state index in [4.69, 9.17) is 14.3 Å². The topological polar surface area (TPSA) is 59.7 Å². The summed E-state index contributed by atoms with van der Waals surface area (Å²) in [4.78, 5) is 10.5. The van der Waals surface area contributed by atoms with Crippen LogP contribution in [0.15, 0.2) is 83.5 Å². The maximum atomic E-state index is 10.5. The maximum Gasteiger partial charge on any atom is 0.341 e. The Balaban J connectivity index is 1.57. The molecule has 0 radical (unpaired) electrons. The van der Waals surface area contributed by atoms with E-state index in [1.165, 1.54) is 0 Å². The Bertz CT molecular complexity index is 1040. The van der Waals surface area contributed by atoms with Gasteiger partial charge in [0.15, 0.2) is 6.61 Å². The van der Waals surface area contributed by atoms with Crippen LogP contribution in [0.5, 0.6) is 5.75 Å². The van der Waals surface area contributed by atoms with Crippen molar-refractivity contribution in [2.45, 2.75) is 0 Å². The molecule has 1 aromatic heterocycles. The average molecular weight is 344 g/mol. The third kappa shape index (κ3) is 3.17. The van der Waals surface area contributed by atoms with Gasteiger partial charge in [-0.3, -0.25) is 0 Å². The summed E-state index contributed by atoms with van der Waals surface area (Å²) in [5.41, 5.74) is 5.16. The van der Waals surface area contributed by atoms with Gasteiger partial charge in [-0.05, 0) is 34.9 Å². The maximum absolute atomic E-state index is 10.5. The van der Waals surface area contributed by atoms with Crippen LogP contribution in [0, 0.1) is 0 Å². The molecule has 0 bridgehead atoms. The summed E-state index contributed by atoms with van der Waals surface area (Å²) in [5.74, 6) is -0.450. The van der Waals surface area contributed by atoms with E-state index in [1.807, 2.05) is 30.3 Å². The molecule has 4 aromatic rings. The average Bonchev–Trinajstić information content (AvgIpc) is 3.11. The summed E-state index contributed by atoms with van der Waals surface area (Å²) in [6.07, 6.45) is 1.79. The molecular weight excluding hydrogens is 328 g/mol. The van der Waals surface area contributed by atoms with Crippen molar-refractivity contribution in [3.63, 3.8) is 0 Å². The zero-order chi connectivity index (χ0) is 17.9. The molecule has 4 rings (SSSR count).